The molecule has 1 N–H and O–H groups in total. The van der Waals surface area contributed by atoms with Crippen molar-refractivity contribution >= 4 is 11.9 Å². The molecule has 1 rings (SSSR count). The van der Waals surface area contributed by atoms with Gasteiger partial charge in [0, 0.05) is 30.3 Å². The fourth-order valence-electron chi connectivity index (χ4n) is 1.35. The van der Waals surface area contributed by atoms with Crippen molar-refractivity contribution in [3.05, 3.63) is 24.4 Å². The first-order chi connectivity index (χ1) is 7.61. The zero-order chi connectivity index (χ0) is 12.0. The van der Waals surface area contributed by atoms with Crippen molar-refractivity contribution in [2.75, 3.05) is 20.3 Å². The van der Waals surface area contributed by atoms with Gasteiger partial charge < -0.3 is 14.8 Å². The highest BCUT2D eigenvalue weighted by molar-refractivity contribution is 5.91. The van der Waals surface area contributed by atoms with Crippen LogP contribution in [0.4, 0.5) is 0 Å². The Labute approximate surface area is 94.1 Å². The summed E-state index contributed by atoms with van der Waals surface area (Å²) in [7, 11) is 1.24. The second-order valence-electron chi connectivity index (χ2n) is 3.54. The first kappa shape index (κ1) is 12.3. The van der Waals surface area contributed by atoms with Gasteiger partial charge in [-0.05, 0) is 6.42 Å². The number of ether oxygens (including phenoxy) is 2. The lowest BCUT2D eigenvalue weighted by molar-refractivity contribution is -0.140. The monoisotopic (exact) mass is 225 g/mol. The molecule has 1 heterocycles. The average molecular weight is 225 g/mol. The maximum Gasteiger partial charge on any atom is 0.331 e. The molecule has 0 amide bonds. The molecule has 1 saturated heterocycles. The maximum absolute atomic E-state index is 11.1. The summed E-state index contributed by atoms with van der Waals surface area (Å²) < 4.78 is 9.29. The lowest BCUT2D eigenvalue weighted by Crippen LogP contribution is -2.15. The van der Waals surface area contributed by atoms with E-state index in [1.807, 2.05) is 0 Å². The number of carbonyl (C=O) groups excluding carboxylic acids is 2. The van der Waals surface area contributed by atoms with Crippen LogP contribution in [0.3, 0.4) is 0 Å². The fourth-order valence-corrected chi connectivity index (χ4v) is 1.35. The van der Waals surface area contributed by atoms with Gasteiger partial charge in [-0.3, -0.25) is 0 Å². The van der Waals surface area contributed by atoms with E-state index in [-0.39, 0.29) is 5.92 Å². The highest BCUT2D eigenvalue weighted by atomic mass is 16.5. The Morgan fingerprint density at radius 1 is 1.50 bits per heavy atom. The standard InChI is InChI=1S/C11H15NO4/c1-8-5-9(6-12-8)7-16-11(14)4-3-10(13)15-2/h3-4,9,12H,1,5-7H2,2H3/b4-3+. The van der Waals surface area contributed by atoms with E-state index in [0.717, 1.165) is 30.8 Å². The van der Waals surface area contributed by atoms with E-state index in [0.29, 0.717) is 6.61 Å². The molecule has 0 aromatic rings. The van der Waals surface area contributed by atoms with Crippen LogP contribution in [-0.2, 0) is 19.1 Å². The van der Waals surface area contributed by atoms with E-state index in [9.17, 15) is 9.59 Å². The lowest BCUT2D eigenvalue weighted by atomic mass is 10.1. The van der Waals surface area contributed by atoms with Crippen LogP contribution in [0.1, 0.15) is 6.42 Å². The van der Waals surface area contributed by atoms with E-state index < -0.39 is 11.9 Å². The van der Waals surface area contributed by atoms with Crippen molar-refractivity contribution < 1.29 is 19.1 Å². The van der Waals surface area contributed by atoms with Crippen molar-refractivity contribution in [3.8, 4) is 0 Å². The summed E-state index contributed by atoms with van der Waals surface area (Å²) in [6.45, 7) is 4.88. The quantitative estimate of drug-likeness (QED) is 0.553. The van der Waals surface area contributed by atoms with Crippen molar-refractivity contribution in [3.63, 3.8) is 0 Å². The second kappa shape index (κ2) is 5.95. The van der Waals surface area contributed by atoms with Gasteiger partial charge in [-0.15, -0.1) is 0 Å². The molecule has 0 aliphatic carbocycles. The van der Waals surface area contributed by atoms with E-state index in [2.05, 4.69) is 16.6 Å². The first-order valence-electron chi connectivity index (χ1n) is 4.96. The molecule has 16 heavy (non-hydrogen) atoms. The zero-order valence-electron chi connectivity index (χ0n) is 9.19. The molecule has 1 aliphatic heterocycles. The van der Waals surface area contributed by atoms with Gasteiger partial charge in [-0.2, -0.15) is 0 Å². The van der Waals surface area contributed by atoms with Crippen LogP contribution in [0.25, 0.3) is 0 Å². The third kappa shape index (κ3) is 4.16. The van der Waals surface area contributed by atoms with Crippen molar-refractivity contribution in [2.24, 2.45) is 5.92 Å². The number of hydrogen-bond donors (Lipinski definition) is 1. The first-order valence-corrected chi connectivity index (χ1v) is 4.96. The molecule has 88 valence electrons. The van der Waals surface area contributed by atoms with Crippen molar-refractivity contribution in [2.45, 2.75) is 6.42 Å². The third-order valence-corrected chi connectivity index (χ3v) is 2.19. The number of allylic oxidation sites excluding steroid dienone is 1. The van der Waals surface area contributed by atoms with E-state index in [1.165, 1.54) is 7.11 Å². The minimum atomic E-state index is -0.576. The minimum Gasteiger partial charge on any atom is -0.466 e. The van der Waals surface area contributed by atoms with Gasteiger partial charge in [0.2, 0.25) is 0 Å². The van der Waals surface area contributed by atoms with Gasteiger partial charge in [0.05, 0.1) is 13.7 Å². The van der Waals surface area contributed by atoms with Gasteiger partial charge in [0.1, 0.15) is 0 Å². The smallest absolute Gasteiger partial charge is 0.331 e. The molecule has 5 nitrogen and oxygen atoms in total. The Kier molecular flexibility index (Phi) is 4.57. The van der Waals surface area contributed by atoms with Crippen LogP contribution in [0, 0.1) is 5.92 Å². The molecule has 5 heteroatoms. The molecule has 1 unspecified atom stereocenters. The van der Waals surface area contributed by atoms with Crippen LogP contribution in [0.2, 0.25) is 0 Å². The third-order valence-electron chi connectivity index (χ3n) is 2.19. The molecule has 0 spiro atoms. The van der Waals surface area contributed by atoms with Gasteiger partial charge in [-0.1, -0.05) is 6.58 Å². The van der Waals surface area contributed by atoms with E-state index in [4.69, 9.17) is 4.74 Å². The average Bonchev–Trinajstić information content (AvgIpc) is 2.69. The molecule has 1 fully saturated rings. The molecule has 1 aliphatic rings. The number of nitrogens with one attached hydrogen (secondary N) is 1. The Morgan fingerprint density at radius 3 is 2.75 bits per heavy atom. The number of rotatable bonds is 4. The Hall–Kier alpha value is -1.78. The zero-order valence-corrected chi connectivity index (χ0v) is 9.19. The summed E-state index contributed by atoms with van der Waals surface area (Å²) in [5.41, 5.74) is 0.964. The van der Waals surface area contributed by atoms with Gasteiger partial charge in [0.25, 0.3) is 0 Å². The summed E-state index contributed by atoms with van der Waals surface area (Å²) in [6.07, 6.45) is 2.91. The van der Waals surface area contributed by atoms with Crippen LogP contribution < -0.4 is 5.32 Å². The summed E-state index contributed by atoms with van der Waals surface area (Å²) >= 11 is 0. The normalized spacial score (nSPS) is 19.6. The fraction of sp³-hybridized carbons (Fsp3) is 0.455. The second-order valence-corrected chi connectivity index (χ2v) is 3.54. The molecule has 0 saturated carbocycles. The molecule has 0 radical (unpaired) electrons. The molecular formula is C11H15NO4. The number of hydrogen-bond acceptors (Lipinski definition) is 5. The summed E-state index contributed by atoms with van der Waals surface area (Å²) in [6, 6.07) is 0. The molecule has 1 atom stereocenters. The van der Waals surface area contributed by atoms with Crippen LogP contribution in [-0.4, -0.2) is 32.2 Å². The topological polar surface area (TPSA) is 64.6 Å². The van der Waals surface area contributed by atoms with Crippen molar-refractivity contribution in [1.82, 2.24) is 5.32 Å². The van der Waals surface area contributed by atoms with Gasteiger partial charge in [-0.25, -0.2) is 9.59 Å². The van der Waals surface area contributed by atoms with Crippen molar-refractivity contribution in [1.29, 1.82) is 0 Å². The van der Waals surface area contributed by atoms with Crippen LogP contribution in [0.5, 0.6) is 0 Å². The number of carbonyl (C=O) groups is 2. The van der Waals surface area contributed by atoms with E-state index >= 15 is 0 Å². The van der Waals surface area contributed by atoms with E-state index in [1.54, 1.807) is 0 Å². The largest absolute Gasteiger partial charge is 0.466 e. The van der Waals surface area contributed by atoms with Crippen LogP contribution >= 0.6 is 0 Å². The summed E-state index contributed by atoms with van der Waals surface area (Å²) in [4.78, 5) is 21.8. The Bertz CT molecular complexity index is 322. The molecular weight excluding hydrogens is 210 g/mol. The highest BCUT2D eigenvalue weighted by Crippen LogP contribution is 2.15. The SMILES string of the molecule is C=C1CC(COC(=O)/C=C/C(=O)OC)CN1. The number of methoxy groups -OCH3 is 1. The van der Waals surface area contributed by atoms with Crippen LogP contribution in [0.15, 0.2) is 24.4 Å². The Morgan fingerprint density at radius 2 is 2.19 bits per heavy atom. The van der Waals surface area contributed by atoms with Gasteiger partial charge in [0.15, 0.2) is 0 Å². The minimum absolute atomic E-state index is 0.267. The maximum atomic E-state index is 11.1. The molecule has 0 bridgehead atoms. The predicted molar refractivity (Wildman–Crippen MR) is 57.4 cm³/mol. The summed E-state index contributed by atoms with van der Waals surface area (Å²) in [5.74, 6) is -0.848. The Balaban J connectivity index is 2.22. The van der Waals surface area contributed by atoms with Gasteiger partial charge >= 0.3 is 11.9 Å². The highest BCUT2D eigenvalue weighted by Gasteiger charge is 2.18. The lowest BCUT2D eigenvalue weighted by Gasteiger charge is -2.06. The number of esters is 2. The predicted octanol–water partition coefficient (Wildman–Crippen LogP) is 0.382. The summed E-state index contributed by atoms with van der Waals surface area (Å²) in [5, 5.41) is 3.07. The molecule has 0 aromatic carbocycles. The molecule has 0 aromatic heterocycles.